The number of aliphatic hydroxyl groups is 1. The van der Waals surface area contributed by atoms with Crippen LogP contribution in [0.3, 0.4) is 0 Å². The zero-order chi connectivity index (χ0) is 44.0. The molecule has 0 spiro atoms. The lowest BCUT2D eigenvalue weighted by Crippen LogP contribution is -2.31. The molecule has 1 fully saturated rings. The molecule has 2 heterocycles. The number of aliphatic hydroxyl groups excluding tert-OH is 1. The van der Waals surface area contributed by atoms with Gasteiger partial charge in [-0.1, -0.05) is 57.5 Å². The van der Waals surface area contributed by atoms with Crippen LogP contribution in [0.2, 0.25) is 0 Å². The largest absolute Gasteiger partial charge is 0.460 e. The molecule has 0 unspecified atom stereocenters. The summed E-state index contributed by atoms with van der Waals surface area (Å²) in [5, 5.41) is 10.1. The lowest BCUT2D eigenvalue weighted by Gasteiger charge is -2.27. The third kappa shape index (κ3) is 10.7. The van der Waals surface area contributed by atoms with E-state index >= 15 is 0 Å². The van der Waals surface area contributed by atoms with E-state index in [1.54, 1.807) is 26.4 Å². The molecule has 5 rings (SSSR count). The number of hydrogen-bond donors (Lipinski definition) is 2. The molecule has 0 amide bonds. The van der Waals surface area contributed by atoms with E-state index in [1.165, 1.54) is 34.2 Å². The van der Waals surface area contributed by atoms with Gasteiger partial charge in [0.2, 0.25) is 5.71 Å². The molecule has 12 heteroatoms. The van der Waals surface area contributed by atoms with Crippen molar-refractivity contribution in [1.82, 2.24) is 0 Å². The van der Waals surface area contributed by atoms with Crippen LogP contribution in [0.25, 0.3) is 0 Å². The fourth-order valence-corrected chi connectivity index (χ4v) is 9.36. The number of hydrogen-bond acceptors (Lipinski definition) is 9. The van der Waals surface area contributed by atoms with Gasteiger partial charge < -0.3 is 29.1 Å². The fourth-order valence-electron chi connectivity index (χ4n) is 8.86. The minimum Gasteiger partial charge on any atom is -0.460 e. The van der Waals surface area contributed by atoms with Crippen LogP contribution < -0.4 is 9.80 Å². The molecule has 0 saturated heterocycles. The number of carbonyl (C=O) groups excluding carboxylic acids is 1. The zero-order valence-electron chi connectivity index (χ0n) is 37.6. The Morgan fingerprint density at radius 2 is 1.33 bits per heavy atom. The van der Waals surface area contributed by atoms with Crippen LogP contribution in [0.4, 0.5) is 11.4 Å². The highest BCUT2D eigenvalue weighted by atomic mass is 32.2. The van der Waals surface area contributed by atoms with Crippen molar-refractivity contribution >= 4 is 33.2 Å². The summed E-state index contributed by atoms with van der Waals surface area (Å²) < 4.78 is 53.5. The van der Waals surface area contributed by atoms with E-state index < -0.39 is 21.1 Å². The van der Waals surface area contributed by atoms with E-state index in [4.69, 9.17) is 14.2 Å². The van der Waals surface area contributed by atoms with E-state index in [0.717, 1.165) is 54.0 Å². The molecule has 2 aromatic rings. The fraction of sp³-hybridized carbons (Fsp3) is 0.542. The lowest BCUT2D eigenvalue weighted by atomic mass is 9.82. The topological polar surface area (TPSA) is 129 Å². The Bertz CT molecular complexity index is 2170. The van der Waals surface area contributed by atoms with Gasteiger partial charge in [-0.2, -0.15) is 8.42 Å². The van der Waals surface area contributed by atoms with Crippen molar-refractivity contribution in [3.05, 3.63) is 99.9 Å². The van der Waals surface area contributed by atoms with Gasteiger partial charge in [-0.25, -0.2) is 4.58 Å². The van der Waals surface area contributed by atoms with Gasteiger partial charge in [0.15, 0.2) is 0 Å². The Morgan fingerprint density at radius 3 is 1.83 bits per heavy atom. The summed E-state index contributed by atoms with van der Waals surface area (Å²) in [7, 11) is -1.01. The first-order chi connectivity index (χ1) is 28.2. The Balaban J connectivity index is 1.67. The van der Waals surface area contributed by atoms with E-state index in [1.807, 2.05) is 20.8 Å². The number of anilines is 2. The third-order valence-electron chi connectivity index (χ3n) is 11.8. The number of aryl methyl sites for hydroxylation is 1. The summed E-state index contributed by atoms with van der Waals surface area (Å²) in [4.78, 5) is 17.3. The predicted molar refractivity (Wildman–Crippen MR) is 240 cm³/mol. The molecule has 0 bridgehead atoms. The second kappa shape index (κ2) is 19.3. The van der Waals surface area contributed by atoms with Crippen LogP contribution in [0, 0.1) is 6.92 Å². The normalized spacial score (nSPS) is 21.0. The summed E-state index contributed by atoms with van der Waals surface area (Å²) in [6.07, 6.45) is 12.9. The van der Waals surface area contributed by atoms with Crippen molar-refractivity contribution in [2.24, 2.45) is 0 Å². The molecule has 2 N–H and O–H groups in total. The smallest absolute Gasteiger partial charge is 0.306 e. The number of rotatable bonds is 16. The summed E-state index contributed by atoms with van der Waals surface area (Å²) in [5.74, 6) is -0.231. The van der Waals surface area contributed by atoms with Gasteiger partial charge in [-0.3, -0.25) is 9.35 Å². The Labute approximate surface area is 358 Å². The molecule has 328 valence electrons. The minimum atomic E-state index is -4.40. The highest BCUT2D eigenvalue weighted by molar-refractivity contribution is 7.85. The molecule has 0 radical (unpaired) electrons. The number of nitrogens with zero attached hydrogens (tertiary/aromatic N) is 3. The van der Waals surface area contributed by atoms with Crippen LogP contribution in [0.1, 0.15) is 104 Å². The van der Waals surface area contributed by atoms with Gasteiger partial charge >= 0.3 is 5.97 Å². The van der Waals surface area contributed by atoms with Gasteiger partial charge in [-0.05, 0) is 94.5 Å². The molecule has 0 atom stereocenters. The number of fused-ring (bicyclic) bond motifs is 2. The maximum absolute atomic E-state index is 12.9. The molecule has 2 aromatic carbocycles. The molecular formula is C48H68N3O8S+. The first-order valence-electron chi connectivity index (χ1n) is 21.3. The Morgan fingerprint density at radius 1 is 0.817 bits per heavy atom. The summed E-state index contributed by atoms with van der Waals surface area (Å²) in [5.41, 5.74) is 9.57. The molecular weight excluding hydrogens is 779 g/mol. The van der Waals surface area contributed by atoms with Crippen LogP contribution in [0.5, 0.6) is 0 Å². The summed E-state index contributed by atoms with van der Waals surface area (Å²) in [6, 6.07) is 11.5. The average molecular weight is 847 g/mol. The SMILES string of the molecule is COCCN1C(=CC=C2CCC/C(=C\C=C3\N(CCOC)c4ccc(S(=O)(=O)O)cc4C3(C)C)C2=[N+](CCCO)CCCC(=O)OC(C)(C)C)C(C)(C)c2cc(C)ccc21. The maximum atomic E-state index is 12.9. The van der Waals surface area contributed by atoms with Crippen molar-refractivity contribution in [1.29, 1.82) is 0 Å². The summed E-state index contributed by atoms with van der Waals surface area (Å²) in [6.45, 7) is 20.0. The number of carbonyl (C=O) groups is 1. The number of ether oxygens (including phenoxy) is 3. The number of benzene rings is 2. The zero-order valence-corrected chi connectivity index (χ0v) is 38.4. The van der Waals surface area contributed by atoms with Crippen LogP contribution in [-0.4, -0.2) is 100 Å². The highest BCUT2D eigenvalue weighted by Crippen LogP contribution is 2.49. The van der Waals surface area contributed by atoms with Gasteiger partial charge in [0, 0.05) is 91.5 Å². The number of esters is 1. The quantitative estimate of drug-likeness (QED) is 0.0970. The van der Waals surface area contributed by atoms with Crippen molar-refractivity contribution in [3.8, 4) is 0 Å². The Hall–Kier alpha value is -4.07. The van der Waals surface area contributed by atoms with Gasteiger partial charge in [-0.15, -0.1) is 0 Å². The average Bonchev–Trinajstić information content (AvgIpc) is 3.51. The van der Waals surface area contributed by atoms with Crippen LogP contribution in [0.15, 0.2) is 88.1 Å². The number of allylic oxidation sites excluding steroid dienone is 8. The second-order valence-electron chi connectivity index (χ2n) is 18.2. The third-order valence-corrected chi connectivity index (χ3v) is 12.6. The Kier molecular flexibility index (Phi) is 15.1. The maximum Gasteiger partial charge on any atom is 0.306 e. The first kappa shape index (κ1) is 47.0. The lowest BCUT2D eigenvalue weighted by molar-refractivity contribution is -0.528. The second-order valence-corrected chi connectivity index (χ2v) is 19.6. The van der Waals surface area contributed by atoms with E-state index in [2.05, 4.69) is 91.5 Å². The molecule has 1 saturated carbocycles. The molecule has 1 aliphatic carbocycles. The van der Waals surface area contributed by atoms with Crippen molar-refractivity contribution in [2.75, 3.05) is 70.0 Å². The predicted octanol–water partition coefficient (Wildman–Crippen LogP) is 8.19. The number of methoxy groups -OCH3 is 2. The van der Waals surface area contributed by atoms with Crippen LogP contribution in [-0.2, 0) is 40.0 Å². The minimum absolute atomic E-state index is 0.0365. The first-order valence-corrected chi connectivity index (χ1v) is 22.7. The van der Waals surface area contributed by atoms with E-state index in [-0.39, 0.29) is 29.3 Å². The molecule has 3 aliphatic rings. The van der Waals surface area contributed by atoms with Crippen molar-refractivity contribution in [2.45, 2.75) is 115 Å². The van der Waals surface area contributed by atoms with Crippen molar-refractivity contribution in [3.63, 3.8) is 0 Å². The van der Waals surface area contributed by atoms with Gasteiger partial charge in [0.25, 0.3) is 10.1 Å². The standard InChI is InChI=1S/C48H67N3O8S/c1-34-17-21-40-38(32-34)47(5,6)42(50(40)27-30-57-9)23-18-35-14-11-15-36(45(35)49(26-13-29-52)25-12-16-44(53)59-46(2,3)4)19-24-43-48(7,8)39-33-37(60(54,55)56)20-22-41(39)51(43)28-31-58-10/h17-24,32-33,52H,11-16,25-31H2,1-10H3/p+1. The monoisotopic (exact) mass is 846 g/mol. The van der Waals surface area contributed by atoms with Gasteiger partial charge in [0.1, 0.15) is 18.7 Å². The molecule has 60 heavy (non-hydrogen) atoms. The summed E-state index contributed by atoms with van der Waals surface area (Å²) >= 11 is 0. The van der Waals surface area contributed by atoms with Crippen molar-refractivity contribution < 1.29 is 41.7 Å². The molecule has 0 aromatic heterocycles. The molecule has 2 aliphatic heterocycles. The van der Waals surface area contributed by atoms with E-state index in [9.17, 15) is 22.9 Å². The van der Waals surface area contributed by atoms with Crippen LogP contribution >= 0.6 is 0 Å². The van der Waals surface area contributed by atoms with Gasteiger partial charge in [0.05, 0.1) is 24.5 Å². The van der Waals surface area contributed by atoms with E-state index in [0.29, 0.717) is 45.7 Å². The molecule has 11 nitrogen and oxygen atoms in total. The highest BCUT2D eigenvalue weighted by Gasteiger charge is 2.42.